The van der Waals surface area contributed by atoms with Crippen molar-refractivity contribution >= 4 is 5.69 Å². The highest BCUT2D eigenvalue weighted by atomic mass is 16.3. The molecule has 1 aliphatic heterocycles. The molecule has 0 saturated carbocycles. The first-order valence-corrected chi connectivity index (χ1v) is 6.71. The number of nitrogens with one attached hydrogen (secondary N) is 1. The molecule has 2 rings (SSSR count). The summed E-state index contributed by atoms with van der Waals surface area (Å²) in [5.74, 6) is 0. The summed E-state index contributed by atoms with van der Waals surface area (Å²) >= 11 is 0. The van der Waals surface area contributed by atoms with Gasteiger partial charge >= 0.3 is 0 Å². The Labute approximate surface area is 110 Å². The van der Waals surface area contributed by atoms with E-state index in [0.29, 0.717) is 6.04 Å². The maximum atomic E-state index is 9.09. The molecular formula is C15H24N2O. The van der Waals surface area contributed by atoms with Crippen LogP contribution < -0.4 is 10.2 Å². The summed E-state index contributed by atoms with van der Waals surface area (Å²) in [6, 6.07) is 9.04. The van der Waals surface area contributed by atoms with Crippen molar-refractivity contribution in [1.29, 1.82) is 0 Å². The molecule has 1 atom stereocenters. The van der Waals surface area contributed by atoms with Crippen molar-refractivity contribution in [3.63, 3.8) is 0 Å². The van der Waals surface area contributed by atoms with E-state index < -0.39 is 0 Å². The van der Waals surface area contributed by atoms with Crippen LogP contribution in [0.25, 0.3) is 0 Å². The van der Waals surface area contributed by atoms with Crippen molar-refractivity contribution < 1.29 is 5.11 Å². The zero-order valence-electron chi connectivity index (χ0n) is 11.6. The first-order valence-electron chi connectivity index (χ1n) is 6.71. The maximum absolute atomic E-state index is 9.09. The molecule has 18 heavy (non-hydrogen) atoms. The standard InChI is InChI=1S/C15H24N2O/c1-12-5-4-6-14(9-12)17-10-13(7-8-18)16-11-15(17,2)3/h4-6,9,13,16,18H,7-8,10-11H2,1-3H3. The van der Waals surface area contributed by atoms with Gasteiger partial charge in [0.05, 0.1) is 0 Å². The molecule has 2 N–H and O–H groups in total. The molecule has 1 heterocycles. The van der Waals surface area contributed by atoms with E-state index >= 15 is 0 Å². The molecule has 3 heteroatoms. The van der Waals surface area contributed by atoms with E-state index in [0.717, 1.165) is 19.5 Å². The highest BCUT2D eigenvalue weighted by Crippen LogP contribution is 2.27. The number of hydrogen-bond donors (Lipinski definition) is 2. The summed E-state index contributed by atoms with van der Waals surface area (Å²) in [7, 11) is 0. The number of aryl methyl sites for hydroxylation is 1. The van der Waals surface area contributed by atoms with Gasteiger partial charge in [-0.15, -0.1) is 0 Å². The molecule has 0 bridgehead atoms. The van der Waals surface area contributed by atoms with E-state index in [-0.39, 0.29) is 12.1 Å². The SMILES string of the molecule is Cc1cccc(N2CC(CCO)NCC2(C)C)c1. The Balaban J connectivity index is 2.21. The first-order chi connectivity index (χ1) is 8.53. The van der Waals surface area contributed by atoms with Gasteiger partial charge in [0.15, 0.2) is 0 Å². The smallest absolute Gasteiger partial charge is 0.0471 e. The van der Waals surface area contributed by atoms with Gasteiger partial charge in [0.1, 0.15) is 0 Å². The Morgan fingerprint density at radius 2 is 2.22 bits per heavy atom. The van der Waals surface area contributed by atoms with Gasteiger partial charge < -0.3 is 15.3 Å². The molecule has 0 radical (unpaired) electrons. The Morgan fingerprint density at radius 1 is 1.44 bits per heavy atom. The minimum absolute atomic E-state index is 0.111. The van der Waals surface area contributed by atoms with Crippen molar-refractivity contribution in [2.75, 3.05) is 24.6 Å². The summed E-state index contributed by atoms with van der Waals surface area (Å²) in [5, 5.41) is 12.6. The van der Waals surface area contributed by atoms with Crippen LogP contribution in [-0.4, -0.2) is 36.4 Å². The normalized spacial score (nSPS) is 23.1. The Kier molecular flexibility index (Phi) is 3.93. The number of rotatable bonds is 3. The van der Waals surface area contributed by atoms with E-state index in [2.05, 4.69) is 55.3 Å². The number of aliphatic hydroxyl groups is 1. The molecule has 0 amide bonds. The third-order valence-electron chi connectivity index (χ3n) is 3.75. The third-order valence-corrected chi connectivity index (χ3v) is 3.75. The second-order valence-corrected chi connectivity index (χ2v) is 5.85. The van der Waals surface area contributed by atoms with Crippen LogP contribution in [0.1, 0.15) is 25.8 Å². The third kappa shape index (κ3) is 2.85. The van der Waals surface area contributed by atoms with Crippen LogP contribution in [0.5, 0.6) is 0 Å². The van der Waals surface area contributed by atoms with E-state index in [1.54, 1.807) is 0 Å². The van der Waals surface area contributed by atoms with Gasteiger partial charge in [-0.25, -0.2) is 0 Å². The average Bonchev–Trinajstić information content (AvgIpc) is 2.31. The fraction of sp³-hybridized carbons (Fsp3) is 0.600. The molecule has 1 fully saturated rings. The van der Waals surface area contributed by atoms with Crippen LogP contribution in [0.4, 0.5) is 5.69 Å². The fourth-order valence-electron chi connectivity index (χ4n) is 2.62. The minimum atomic E-state index is 0.111. The topological polar surface area (TPSA) is 35.5 Å². The molecule has 0 spiro atoms. The average molecular weight is 248 g/mol. The van der Waals surface area contributed by atoms with E-state index in [1.807, 2.05) is 0 Å². The number of anilines is 1. The monoisotopic (exact) mass is 248 g/mol. The second-order valence-electron chi connectivity index (χ2n) is 5.85. The lowest BCUT2D eigenvalue weighted by Gasteiger charge is -2.47. The molecule has 1 aromatic rings. The number of aliphatic hydroxyl groups excluding tert-OH is 1. The summed E-state index contributed by atoms with van der Waals surface area (Å²) in [4.78, 5) is 2.46. The van der Waals surface area contributed by atoms with Crippen LogP contribution in [0.3, 0.4) is 0 Å². The quantitative estimate of drug-likeness (QED) is 0.858. The molecule has 1 unspecified atom stereocenters. The Morgan fingerprint density at radius 3 is 2.89 bits per heavy atom. The summed E-state index contributed by atoms with van der Waals surface area (Å²) in [5.41, 5.74) is 2.68. The van der Waals surface area contributed by atoms with Gasteiger partial charge in [-0.1, -0.05) is 12.1 Å². The highest BCUT2D eigenvalue weighted by Gasteiger charge is 2.33. The number of benzene rings is 1. The van der Waals surface area contributed by atoms with Crippen molar-refractivity contribution in [2.24, 2.45) is 0 Å². The second kappa shape index (κ2) is 5.29. The van der Waals surface area contributed by atoms with Crippen molar-refractivity contribution in [1.82, 2.24) is 5.32 Å². The van der Waals surface area contributed by atoms with Gasteiger partial charge in [0.2, 0.25) is 0 Å². The lowest BCUT2D eigenvalue weighted by molar-refractivity contribution is 0.239. The summed E-state index contributed by atoms with van der Waals surface area (Å²) in [6.07, 6.45) is 0.818. The predicted octanol–water partition coefficient (Wildman–Crippen LogP) is 1.93. The molecule has 1 aliphatic rings. The zero-order valence-corrected chi connectivity index (χ0v) is 11.6. The number of nitrogens with zero attached hydrogens (tertiary/aromatic N) is 1. The Hall–Kier alpha value is -1.06. The van der Waals surface area contributed by atoms with Crippen molar-refractivity contribution in [3.05, 3.63) is 29.8 Å². The van der Waals surface area contributed by atoms with E-state index in [4.69, 9.17) is 5.11 Å². The first kappa shape index (κ1) is 13.4. The lowest BCUT2D eigenvalue weighted by Crippen LogP contribution is -2.62. The maximum Gasteiger partial charge on any atom is 0.0471 e. The predicted molar refractivity (Wildman–Crippen MR) is 76.1 cm³/mol. The van der Waals surface area contributed by atoms with Crippen LogP contribution in [0, 0.1) is 6.92 Å². The van der Waals surface area contributed by atoms with E-state index in [9.17, 15) is 0 Å². The number of hydrogen-bond acceptors (Lipinski definition) is 3. The lowest BCUT2D eigenvalue weighted by atomic mass is 9.95. The van der Waals surface area contributed by atoms with Crippen molar-refractivity contribution in [3.8, 4) is 0 Å². The zero-order chi connectivity index (χ0) is 13.2. The van der Waals surface area contributed by atoms with Gasteiger partial charge in [0.25, 0.3) is 0 Å². The van der Waals surface area contributed by atoms with Crippen LogP contribution in [0.15, 0.2) is 24.3 Å². The molecule has 100 valence electrons. The minimum Gasteiger partial charge on any atom is -0.396 e. The van der Waals surface area contributed by atoms with Gasteiger partial charge in [-0.05, 0) is 44.9 Å². The van der Waals surface area contributed by atoms with E-state index in [1.165, 1.54) is 11.3 Å². The fourth-order valence-corrected chi connectivity index (χ4v) is 2.62. The molecular weight excluding hydrogens is 224 g/mol. The van der Waals surface area contributed by atoms with Crippen LogP contribution in [0.2, 0.25) is 0 Å². The molecule has 1 aromatic carbocycles. The van der Waals surface area contributed by atoms with Crippen molar-refractivity contribution in [2.45, 2.75) is 38.8 Å². The molecule has 0 aromatic heterocycles. The van der Waals surface area contributed by atoms with Crippen LogP contribution >= 0.6 is 0 Å². The summed E-state index contributed by atoms with van der Waals surface area (Å²) in [6.45, 7) is 8.81. The van der Waals surface area contributed by atoms with Gasteiger partial charge in [-0.3, -0.25) is 0 Å². The van der Waals surface area contributed by atoms with Gasteiger partial charge in [0, 0.05) is 37.0 Å². The number of piperazine rings is 1. The molecule has 3 nitrogen and oxygen atoms in total. The van der Waals surface area contributed by atoms with Crippen LogP contribution in [-0.2, 0) is 0 Å². The van der Waals surface area contributed by atoms with Gasteiger partial charge in [-0.2, -0.15) is 0 Å². The molecule has 0 aliphatic carbocycles. The summed E-state index contributed by atoms with van der Waals surface area (Å²) < 4.78 is 0. The largest absolute Gasteiger partial charge is 0.396 e. The Bertz CT molecular complexity index is 403. The molecule has 1 saturated heterocycles. The highest BCUT2D eigenvalue weighted by molar-refractivity contribution is 5.51.